The molecule has 0 saturated heterocycles. The van der Waals surface area contributed by atoms with Gasteiger partial charge in [-0.1, -0.05) is 0 Å². The van der Waals surface area contributed by atoms with Gasteiger partial charge in [-0.25, -0.2) is 0 Å². The van der Waals surface area contributed by atoms with Crippen LogP contribution in [0, 0.1) is 21.8 Å². The number of halogens is 1. The Morgan fingerprint density at radius 1 is 1.54 bits per heavy atom. The number of ketones is 1. The van der Waals surface area contributed by atoms with Crippen LogP contribution in [0.4, 0.5) is 0 Å². The lowest BCUT2D eigenvalue weighted by atomic mass is 10.0. The fraction of sp³-hybridized carbons (Fsp3) is 0.200. The number of rotatable bonds is 1. The molecule has 0 bridgehead atoms. The summed E-state index contributed by atoms with van der Waals surface area (Å²) in [6, 6.07) is 5.62. The topological polar surface area (TPSA) is 40.9 Å². The molecule has 0 radical (unpaired) electrons. The summed E-state index contributed by atoms with van der Waals surface area (Å²) in [4.78, 5) is 11.1. The van der Waals surface area contributed by atoms with Crippen LogP contribution in [0.2, 0.25) is 0 Å². The Kier molecular flexibility index (Phi) is 3.04. The minimum Gasteiger partial charge on any atom is -0.294 e. The van der Waals surface area contributed by atoms with Gasteiger partial charge in [-0.3, -0.25) is 4.79 Å². The van der Waals surface area contributed by atoms with Crippen molar-refractivity contribution in [1.82, 2.24) is 0 Å². The van der Waals surface area contributed by atoms with Crippen molar-refractivity contribution < 1.29 is 4.79 Å². The Bertz CT molecular complexity index is 404. The number of benzene rings is 1. The van der Waals surface area contributed by atoms with E-state index in [1.165, 1.54) is 6.92 Å². The van der Waals surface area contributed by atoms with Crippen LogP contribution in [0.1, 0.15) is 28.4 Å². The zero-order valence-electron chi connectivity index (χ0n) is 7.39. The number of carbonyl (C=O) groups excluding carboxylic acids is 1. The number of Topliss-reactive ketones (excluding diaryl/α,β-unsaturated/α-hetero) is 1. The van der Waals surface area contributed by atoms with Gasteiger partial charge in [0, 0.05) is 9.13 Å². The molecule has 3 heteroatoms. The van der Waals surface area contributed by atoms with Crippen LogP contribution >= 0.6 is 22.6 Å². The van der Waals surface area contributed by atoms with Gasteiger partial charge in [0.15, 0.2) is 5.78 Å². The lowest BCUT2D eigenvalue weighted by Gasteiger charge is -2.04. The fourth-order valence-corrected chi connectivity index (χ4v) is 1.57. The summed E-state index contributed by atoms with van der Waals surface area (Å²) >= 11 is 2.15. The first-order valence-electron chi connectivity index (χ1n) is 3.78. The van der Waals surface area contributed by atoms with Gasteiger partial charge in [-0.15, -0.1) is 0 Å². The van der Waals surface area contributed by atoms with Crippen LogP contribution in [-0.4, -0.2) is 5.78 Å². The average Bonchev–Trinajstić information content (AvgIpc) is 2.09. The molecule has 0 heterocycles. The molecule has 1 rings (SSSR count). The zero-order valence-corrected chi connectivity index (χ0v) is 9.55. The van der Waals surface area contributed by atoms with E-state index in [4.69, 9.17) is 5.26 Å². The van der Waals surface area contributed by atoms with Gasteiger partial charge in [0.1, 0.15) is 6.07 Å². The molecule has 0 aromatic heterocycles. The molecule has 0 aliphatic rings. The fourth-order valence-electron chi connectivity index (χ4n) is 1.12. The molecule has 0 fully saturated rings. The number of carbonyl (C=O) groups is 1. The first-order valence-corrected chi connectivity index (χ1v) is 4.86. The van der Waals surface area contributed by atoms with Crippen molar-refractivity contribution in [3.63, 3.8) is 0 Å². The second kappa shape index (κ2) is 3.88. The van der Waals surface area contributed by atoms with Crippen molar-refractivity contribution in [2.75, 3.05) is 0 Å². The minimum absolute atomic E-state index is 0.0592. The second-order valence-corrected chi connectivity index (χ2v) is 3.93. The molecule has 0 aliphatic heterocycles. The normalized spacial score (nSPS) is 9.38. The Morgan fingerprint density at radius 3 is 2.62 bits per heavy atom. The predicted octanol–water partition coefficient (Wildman–Crippen LogP) is 2.67. The standard InChI is InChI=1S/C10H8INO/c1-6-9(5-12)8(7(2)13)3-4-10(6)11/h3-4H,1-2H3. The summed E-state index contributed by atoms with van der Waals surface area (Å²) in [6.45, 7) is 3.33. The van der Waals surface area contributed by atoms with Gasteiger partial charge >= 0.3 is 0 Å². The number of nitrogens with zero attached hydrogens (tertiary/aromatic N) is 1. The quantitative estimate of drug-likeness (QED) is 0.588. The molecule has 0 atom stereocenters. The molecular formula is C10H8INO. The second-order valence-electron chi connectivity index (χ2n) is 2.76. The Labute approximate surface area is 90.7 Å². The van der Waals surface area contributed by atoms with Gasteiger partial charge < -0.3 is 0 Å². The summed E-state index contributed by atoms with van der Waals surface area (Å²) < 4.78 is 1.01. The van der Waals surface area contributed by atoms with Crippen molar-refractivity contribution in [3.8, 4) is 6.07 Å². The maximum absolute atomic E-state index is 11.1. The van der Waals surface area contributed by atoms with Crippen molar-refractivity contribution >= 4 is 28.4 Å². The smallest absolute Gasteiger partial charge is 0.161 e. The molecule has 0 amide bonds. The maximum atomic E-state index is 11.1. The van der Waals surface area contributed by atoms with E-state index < -0.39 is 0 Å². The van der Waals surface area contributed by atoms with E-state index in [-0.39, 0.29) is 5.78 Å². The van der Waals surface area contributed by atoms with Crippen molar-refractivity contribution in [2.45, 2.75) is 13.8 Å². The molecular weight excluding hydrogens is 277 g/mol. The molecule has 0 N–H and O–H groups in total. The molecule has 1 aromatic carbocycles. The van der Waals surface area contributed by atoms with Crippen LogP contribution < -0.4 is 0 Å². The molecule has 1 aromatic rings. The summed E-state index contributed by atoms with van der Waals surface area (Å²) in [5.74, 6) is -0.0592. The third-order valence-electron chi connectivity index (χ3n) is 1.89. The van der Waals surface area contributed by atoms with Crippen LogP contribution in [0.15, 0.2) is 12.1 Å². The van der Waals surface area contributed by atoms with E-state index in [2.05, 4.69) is 28.7 Å². The number of nitriles is 1. The van der Waals surface area contributed by atoms with E-state index in [0.717, 1.165) is 9.13 Å². The summed E-state index contributed by atoms with van der Waals surface area (Å²) in [6.07, 6.45) is 0. The third kappa shape index (κ3) is 1.89. The molecule has 13 heavy (non-hydrogen) atoms. The SMILES string of the molecule is CC(=O)c1ccc(I)c(C)c1C#N. The number of hydrogen-bond donors (Lipinski definition) is 0. The predicted molar refractivity (Wildman–Crippen MR) is 58.6 cm³/mol. The van der Waals surface area contributed by atoms with E-state index in [0.29, 0.717) is 11.1 Å². The van der Waals surface area contributed by atoms with Crippen molar-refractivity contribution in [1.29, 1.82) is 5.26 Å². The van der Waals surface area contributed by atoms with Crippen LogP contribution in [0.25, 0.3) is 0 Å². The van der Waals surface area contributed by atoms with Crippen LogP contribution in [0.3, 0.4) is 0 Å². The maximum Gasteiger partial charge on any atom is 0.161 e. The lowest BCUT2D eigenvalue weighted by Crippen LogP contribution is -2.00. The van der Waals surface area contributed by atoms with Crippen molar-refractivity contribution in [2.24, 2.45) is 0 Å². The molecule has 0 unspecified atom stereocenters. The highest BCUT2D eigenvalue weighted by atomic mass is 127. The number of hydrogen-bond acceptors (Lipinski definition) is 2. The van der Waals surface area contributed by atoms with E-state index >= 15 is 0 Å². The monoisotopic (exact) mass is 285 g/mol. The first kappa shape index (κ1) is 10.2. The van der Waals surface area contributed by atoms with Crippen molar-refractivity contribution in [3.05, 3.63) is 32.4 Å². The summed E-state index contributed by atoms with van der Waals surface area (Å²) in [5, 5.41) is 8.87. The largest absolute Gasteiger partial charge is 0.294 e. The molecule has 0 saturated carbocycles. The minimum atomic E-state index is -0.0592. The highest BCUT2D eigenvalue weighted by Crippen LogP contribution is 2.19. The van der Waals surface area contributed by atoms with Crippen LogP contribution in [0.5, 0.6) is 0 Å². The summed E-state index contributed by atoms with van der Waals surface area (Å²) in [5.41, 5.74) is 1.90. The van der Waals surface area contributed by atoms with Gasteiger partial charge in [-0.2, -0.15) is 5.26 Å². The van der Waals surface area contributed by atoms with E-state index in [1.54, 1.807) is 6.07 Å². The summed E-state index contributed by atoms with van der Waals surface area (Å²) in [7, 11) is 0. The van der Waals surface area contributed by atoms with Crippen LogP contribution in [-0.2, 0) is 0 Å². The Balaban J connectivity index is 3.50. The lowest BCUT2D eigenvalue weighted by molar-refractivity contribution is 0.101. The van der Waals surface area contributed by atoms with Gasteiger partial charge in [0.05, 0.1) is 5.56 Å². The van der Waals surface area contributed by atoms with Gasteiger partial charge in [0.25, 0.3) is 0 Å². The molecule has 0 aliphatic carbocycles. The van der Waals surface area contributed by atoms with Gasteiger partial charge in [0.2, 0.25) is 0 Å². The third-order valence-corrected chi connectivity index (χ3v) is 3.06. The first-order chi connectivity index (χ1) is 6.07. The molecule has 2 nitrogen and oxygen atoms in total. The zero-order chi connectivity index (χ0) is 10.0. The molecule has 0 spiro atoms. The van der Waals surface area contributed by atoms with E-state index in [1.807, 2.05) is 13.0 Å². The van der Waals surface area contributed by atoms with E-state index in [9.17, 15) is 4.79 Å². The molecule has 66 valence electrons. The highest BCUT2D eigenvalue weighted by molar-refractivity contribution is 14.1. The Morgan fingerprint density at radius 2 is 2.15 bits per heavy atom. The average molecular weight is 285 g/mol. The Hall–Kier alpha value is -0.890. The highest BCUT2D eigenvalue weighted by Gasteiger charge is 2.10. The van der Waals surface area contributed by atoms with Gasteiger partial charge in [-0.05, 0) is 54.1 Å².